The maximum Gasteiger partial charge on any atom is 0.223 e. The lowest BCUT2D eigenvalue weighted by atomic mass is 9.95. The second-order valence-corrected chi connectivity index (χ2v) is 6.82. The first-order valence-corrected chi connectivity index (χ1v) is 9.04. The standard InChI is InChI=1S/C19H27N5O/c1-14-18(15(2)23-22-14)8-12-24-10-6-16(7-11-24)19(25)21-13-17-5-3-4-9-20-17/h3-5,9,16H,6-8,10-13H2,1-2H3,(H,21,25)(H,22,23). The van der Waals surface area contributed by atoms with Crippen LogP contribution in [0.3, 0.4) is 0 Å². The van der Waals surface area contributed by atoms with E-state index in [0.717, 1.165) is 50.3 Å². The van der Waals surface area contributed by atoms with E-state index < -0.39 is 0 Å². The number of hydrogen-bond acceptors (Lipinski definition) is 4. The van der Waals surface area contributed by atoms with Crippen molar-refractivity contribution in [2.24, 2.45) is 5.92 Å². The third-order valence-electron chi connectivity index (χ3n) is 5.09. The van der Waals surface area contributed by atoms with Crippen LogP contribution in [0.1, 0.15) is 35.5 Å². The van der Waals surface area contributed by atoms with Gasteiger partial charge in [0.1, 0.15) is 0 Å². The molecular formula is C19H27N5O. The van der Waals surface area contributed by atoms with Crippen LogP contribution in [0.25, 0.3) is 0 Å². The first-order chi connectivity index (χ1) is 12.1. The van der Waals surface area contributed by atoms with E-state index in [-0.39, 0.29) is 11.8 Å². The number of nitrogens with one attached hydrogen (secondary N) is 2. The lowest BCUT2D eigenvalue weighted by Crippen LogP contribution is -2.41. The van der Waals surface area contributed by atoms with Gasteiger partial charge in [0.2, 0.25) is 5.91 Å². The zero-order chi connectivity index (χ0) is 17.6. The number of aromatic nitrogens is 3. The largest absolute Gasteiger partial charge is 0.350 e. The van der Waals surface area contributed by atoms with Crippen molar-refractivity contribution >= 4 is 5.91 Å². The molecule has 0 unspecified atom stereocenters. The first kappa shape index (κ1) is 17.6. The van der Waals surface area contributed by atoms with E-state index in [9.17, 15) is 4.79 Å². The Kier molecular flexibility index (Phi) is 5.81. The van der Waals surface area contributed by atoms with Crippen LogP contribution < -0.4 is 5.32 Å². The molecule has 1 fully saturated rings. The summed E-state index contributed by atoms with van der Waals surface area (Å²) in [5, 5.41) is 10.3. The fourth-order valence-corrected chi connectivity index (χ4v) is 3.46. The van der Waals surface area contributed by atoms with Crippen molar-refractivity contribution in [1.29, 1.82) is 0 Å². The predicted molar refractivity (Wildman–Crippen MR) is 97.0 cm³/mol. The molecule has 3 heterocycles. The van der Waals surface area contributed by atoms with Gasteiger partial charge in [-0.25, -0.2) is 0 Å². The van der Waals surface area contributed by atoms with E-state index in [1.54, 1.807) is 6.20 Å². The maximum atomic E-state index is 12.3. The Hall–Kier alpha value is -2.21. The highest BCUT2D eigenvalue weighted by Gasteiger charge is 2.24. The van der Waals surface area contributed by atoms with Gasteiger partial charge in [0.15, 0.2) is 0 Å². The first-order valence-electron chi connectivity index (χ1n) is 9.04. The van der Waals surface area contributed by atoms with Gasteiger partial charge in [0, 0.05) is 24.4 Å². The number of likely N-dealkylation sites (tertiary alicyclic amines) is 1. The van der Waals surface area contributed by atoms with E-state index in [1.807, 2.05) is 18.2 Å². The number of rotatable bonds is 6. The van der Waals surface area contributed by atoms with E-state index in [0.29, 0.717) is 6.54 Å². The normalized spacial score (nSPS) is 16.1. The van der Waals surface area contributed by atoms with E-state index in [4.69, 9.17) is 0 Å². The van der Waals surface area contributed by atoms with Crippen molar-refractivity contribution in [3.05, 3.63) is 47.0 Å². The zero-order valence-corrected chi connectivity index (χ0v) is 15.1. The van der Waals surface area contributed by atoms with Crippen LogP contribution in [0.2, 0.25) is 0 Å². The number of amides is 1. The lowest BCUT2D eigenvalue weighted by molar-refractivity contribution is -0.126. The molecule has 134 valence electrons. The monoisotopic (exact) mass is 341 g/mol. The van der Waals surface area contributed by atoms with Crippen LogP contribution in [-0.4, -0.2) is 45.6 Å². The average molecular weight is 341 g/mol. The Labute approximate surface area is 149 Å². The van der Waals surface area contributed by atoms with Gasteiger partial charge in [0.05, 0.1) is 17.9 Å². The van der Waals surface area contributed by atoms with Crippen LogP contribution in [-0.2, 0) is 17.8 Å². The van der Waals surface area contributed by atoms with Crippen LogP contribution in [0.4, 0.5) is 0 Å². The molecule has 1 saturated heterocycles. The summed E-state index contributed by atoms with van der Waals surface area (Å²) in [6.07, 6.45) is 4.63. The number of pyridine rings is 1. The molecule has 2 N–H and O–H groups in total. The molecule has 2 aromatic rings. The third kappa shape index (κ3) is 4.66. The van der Waals surface area contributed by atoms with Crippen LogP contribution in [0, 0.1) is 19.8 Å². The topological polar surface area (TPSA) is 73.9 Å². The molecule has 6 nitrogen and oxygen atoms in total. The molecule has 0 radical (unpaired) electrons. The molecule has 1 amide bonds. The Balaban J connectivity index is 1.40. The van der Waals surface area contributed by atoms with E-state index in [2.05, 4.69) is 39.2 Å². The Morgan fingerprint density at radius 1 is 1.32 bits per heavy atom. The summed E-state index contributed by atoms with van der Waals surface area (Å²) in [7, 11) is 0. The van der Waals surface area contributed by atoms with Crippen LogP contribution >= 0.6 is 0 Å². The molecule has 0 bridgehead atoms. The maximum absolute atomic E-state index is 12.3. The van der Waals surface area contributed by atoms with Crippen molar-refractivity contribution in [1.82, 2.24) is 25.4 Å². The van der Waals surface area contributed by atoms with Gasteiger partial charge in [-0.15, -0.1) is 0 Å². The Bertz CT molecular complexity index is 670. The highest BCUT2D eigenvalue weighted by Crippen LogP contribution is 2.19. The summed E-state index contributed by atoms with van der Waals surface area (Å²) >= 11 is 0. The zero-order valence-electron chi connectivity index (χ0n) is 15.1. The molecule has 25 heavy (non-hydrogen) atoms. The van der Waals surface area contributed by atoms with E-state index in [1.165, 1.54) is 11.3 Å². The Morgan fingerprint density at radius 3 is 2.76 bits per heavy atom. The van der Waals surface area contributed by atoms with Crippen LogP contribution in [0.15, 0.2) is 24.4 Å². The SMILES string of the molecule is Cc1n[nH]c(C)c1CCN1CCC(C(=O)NCc2ccccn2)CC1. The number of H-pyrrole nitrogens is 1. The molecule has 2 aromatic heterocycles. The summed E-state index contributed by atoms with van der Waals surface area (Å²) < 4.78 is 0. The van der Waals surface area contributed by atoms with Gasteiger partial charge in [-0.2, -0.15) is 5.10 Å². The van der Waals surface area contributed by atoms with Gasteiger partial charge < -0.3 is 10.2 Å². The summed E-state index contributed by atoms with van der Waals surface area (Å²) in [5.41, 5.74) is 4.50. The quantitative estimate of drug-likeness (QED) is 0.843. The minimum absolute atomic E-state index is 0.123. The average Bonchev–Trinajstić information content (AvgIpc) is 2.97. The number of aryl methyl sites for hydroxylation is 2. The van der Waals surface area contributed by atoms with E-state index >= 15 is 0 Å². The highest BCUT2D eigenvalue weighted by atomic mass is 16.1. The number of carbonyl (C=O) groups is 1. The molecular weight excluding hydrogens is 314 g/mol. The summed E-state index contributed by atoms with van der Waals surface area (Å²) in [6, 6.07) is 5.76. The molecule has 0 atom stereocenters. The molecule has 0 spiro atoms. The van der Waals surface area contributed by atoms with Gasteiger partial charge in [0.25, 0.3) is 0 Å². The van der Waals surface area contributed by atoms with Crippen molar-refractivity contribution < 1.29 is 4.79 Å². The number of carbonyl (C=O) groups excluding carboxylic acids is 1. The van der Waals surface area contributed by atoms with Gasteiger partial charge in [-0.1, -0.05) is 6.07 Å². The van der Waals surface area contributed by atoms with Crippen molar-refractivity contribution in [3.8, 4) is 0 Å². The van der Waals surface area contributed by atoms with Crippen LogP contribution in [0.5, 0.6) is 0 Å². The molecule has 3 rings (SSSR count). The fraction of sp³-hybridized carbons (Fsp3) is 0.526. The number of aromatic amines is 1. The smallest absolute Gasteiger partial charge is 0.223 e. The summed E-state index contributed by atoms with van der Waals surface area (Å²) in [4.78, 5) is 19.0. The second-order valence-electron chi connectivity index (χ2n) is 6.82. The van der Waals surface area contributed by atoms with Gasteiger partial charge in [-0.05, 0) is 63.9 Å². The highest BCUT2D eigenvalue weighted by molar-refractivity contribution is 5.78. The number of piperidine rings is 1. The minimum atomic E-state index is 0.123. The second kappa shape index (κ2) is 8.25. The van der Waals surface area contributed by atoms with Crippen molar-refractivity contribution in [3.63, 3.8) is 0 Å². The molecule has 6 heteroatoms. The molecule has 0 aliphatic carbocycles. The number of nitrogens with zero attached hydrogens (tertiary/aromatic N) is 3. The molecule has 1 aliphatic heterocycles. The third-order valence-corrected chi connectivity index (χ3v) is 5.09. The fourth-order valence-electron chi connectivity index (χ4n) is 3.46. The molecule has 1 aliphatic rings. The Morgan fingerprint density at radius 2 is 2.12 bits per heavy atom. The lowest BCUT2D eigenvalue weighted by Gasteiger charge is -2.31. The van der Waals surface area contributed by atoms with Crippen molar-refractivity contribution in [2.45, 2.75) is 39.7 Å². The molecule has 0 aromatic carbocycles. The van der Waals surface area contributed by atoms with Gasteiger partial charge in [-0.3, -0.25) is 14.9 Å². The van der Waals surface area contributed by atoms with Crippen molar-refractivity contribution in [2.75, 3.05) is 19.6 Å². The summed E-state index contributed by atoms with van der Waals surface area (Å²) in [6.45, 7) is 7.64. The summed E-state index contributed by atoms with van der Waals surface area (Å²) in [5.74, 6) is 0.282. The number of hydrogen-bond donors (Lipinski definition) is 2. The molecule has 0 saturated carbocycles. The predicted octanol–water partition coefficient (Wildman–Crippen LogP) is 1.99. The minimum Gasteiger partial charge on any atom is -0.350 e. The van der Waals surface area contributed by atoms with Gasteiger partial charge >= 0.3 is 0 Å².